The van der Waals surface area contributed by atoms with E-state index in [1.54, 1.807) is 21.7 Å². The lowest BCUT2D eigenvalue weighted by Gasteiger charge is -2.33. The van der Waals surface area contributed by atoms with Crippen LogP contribution in [0.3, 0.4) is 0 Å². The molecule has 0 radical (unpaired) electrons. The number of para-hydroxylation sites is 1. The normalized spacial score (nSPS) is 18.0. The van der Waals surface area contributed by atoms with Crippen molar-refractivity contribution in [3.05, 3.63) is 76.7 Å². The number of fused-ring (bicyclic) bond motifs is 2. The van der Waals surface area contributed by atoms with E-state index in [2.05, 4.69) is 24.8 Å². The van der Waals surface area contributed by atoms with Gasteiger partial charge < -0.3 is 4.90 Å². The number of benzene rings is 1. The number of nitrogens with one attached hydrogen (secondary N) is 1. The van der Waals surface area contributed by atoms with Gasteiger partial charge in [0.05, 0.1) is 11.6 Å². The van der Waals surface area contributed by atoms with Crippen LogP contribution in [0.4, 0.5) is 11.5 Å². The van der Waals surface area contributed by atoms with Gasteiger partial charge in [-0.3, -0.25) is 24.0 Å². The Morgan fingerprint density at radius 2 is 1.83 bits per heavy atom. The van der Waals surface area contributed by atoms with Crippen LogP contribution < -0.4 is 15.5 Å². The molecule has 1 amide bonds. The van der Waals surface area contributed by atoms with Gasteiger partial charge in [-0.1, -0.05) is 18.2 Å². The molecule has 10 heteroatoms. The fourth-order valence-electron chi connectivity index (χ4n) is 5.40. The number of hydrogen-bond acceptors (Lipinski definition) is 7. The molecule has 0 aliphatic carbocycles. The summed E-state index contributed by atoms with van der Waals surface area (Å²) in [5.74, 6) is 0.293. The van der Waals surface area contributed by atoms with Gasteiger partial charge in [0, 0.05) is 43.5 Å². The van der Waals surface area contributed by atoms with Gasteiger partial charge in [-0.2, -0.15) is 0 Å². The van der Waals surface area contributed by atoms with Crippen LogP contribution in [-0.4, -0.2) is 55.3 Å². The number of H-pyrrole nitrogens is 1. The van der Waals surface area contributed by atoms with Gasteiger partial charge in [-0.25, -0.2) is 19.7 Å². The number of piperidine rings is 1. The quantitative estimate of drug-likeness (QED) is 0.474. The minimum atomic E-state index is -0.534. The number of rotatable bonds is 4. The summed E-state index contributed by atoms with van der Waals surface area (Å²) in [5, 5.41) is 0. The van der Waals surface area contributed by atoms with Crippen LogP contribution in [0.1, 0.15) is 41.9 Å². The van der Waals surface area contributed by atoms with Crippen molar-refractivity contribution in [2.45, 2.75) is 38.3 Å². The lowest BCUT2D eigenvalue weighted by Crippen LogP contribution is -2.42. The zero-order valence-electron chi connectivity index (χ0n) is 19.8. The third-order valence-electron chi connectivity index (χ3n) is 7.18. The highest BCUT2D eigenvalue weighted by Gasteiger charge is 2.37. The first-order chi connectivity index (χ1) is 17.5. The number of carbonyl (C=O) groups excluding carboxylic acids is 2. The Bertz CT molecular complexity index is 1530. The van der Waals surface area contributed by atoms with Crippen molar-refractivity contribution in [2.24, 2.45) is 0 Å². The molecular formula is C26H25N7O3. The van der Waals surface area contributed by atoms with E-state index in [9.17, 15) is 14.4 Å². The van der Waals surface area contributed by atoms with Crippen LogP contribution >= 0.6 is 0 Å². The number of imidazole rings is 1. The van der Waals surface area contributed by atoms with Crippen molar-refractivity contribution in [1.29, 1.82) is 0 Å². The first-order valence-corrected chi connectivity index (χ1v) is 12.1. The second kappa shape index (κ2) is 8.71. The minimum Gasteiger partial charge on any atom is -0.356 e. The average Bonchev–Trinajstić information content (AvgIpc) is 3.46. The summed E-state index contributed by atoms with van der Waals surface area (Å²) in [5.41, 5.74) is 3.23. The van der Waals surface area contributed by atoms with E-state index >= 15 is 0 Å². The molecule has 0 saturated carbocycles. The number of ketones is 1. The van der Waals surface area contributed by atoms with Crippen LogP contribution in [0.2, 0.25) is 0 Å². The Balaban J connectivity index is 1.22. The maximum Gasteiger partial charge on any atom is 0.327 e. The van der Waals surface area contributed by atoms with Gasteiger partial charge in [0.25, 0.3) is 5.91 Å². The van der Waals surface area contributed by atoms with Crippen molar-refractivity contribution < 1.29 is 9.59 Å². The fourth-order valence-corrected chi connectivity index (χ4v) is 5.40. The number of hydrogen-bond donors (Lipinski definition) is 1. The van der Waals surface area contributed by atoms with Crippen LogP contribution in [0.15, 0.2) is 59.8 Å². The first kappa shape index (κ1) is 22.1. The highest BCUT2D eigenvalue weighted by molar-refractivity contribution is 6.10. The molecule has 10 nitrogen and oxygen atoms in total. The van der Waals surface area contributed by atoms with E-state index in [1.807, 2.05) is 36.4 Å². The SMILES string of the molecule is CC(=O)C1Cc2ccccc2N1C(=O)c1cc(N2CCC(n3c(=O)[nH]c4ncccc43)CC2)ncn1. The summed E-state index contributed by atoms with van der Waals surface area (Å²) in [6, 6.07) is 12.5. The molecule has 5 heterocycles. The molecular weight excluding hydrogens is 458 g/mol. The number of aromatic nitrogens is 5. The second-order valence-electron chi connectivity index (χ2n) is 9.29. The predicted molar refractivity (Wildman–Crippen MR) is 134 cm³/mol. The third kappa shape index (κ3) is 3.65. The minimum absolute atomic E-state index is 0.0482. The van der Waals surface area contributed by atoms with Crippen LogP contribution in [0, 0.1) is 0 Å². The van der Waals surface area contributed by atoms with E-state index in [-0.39, 0.29) is 29.1 Å². The molecule has 2 aliphatic rings. The summed E-state index contributed by atoms with van der Waals surface area (Å²) in [6.07, 6.45) is 5.07. The van der Waals surface area contributed by atoms with Crippen molar-refractivity contribution in [2.75, 3.05) is 22.9 Å². The molecule has 1 fully saturated rings. The summed E-state index contributed by atoms with van der Waals surface area (Å²) in [7, 11) is 0. The number of pyridine rings is 1. The van der Waals surface area contributed by atoms with E-state index in [4.69, 9.17) is 0 Å². The number of Topliss-reactive ketones (excluding diaryl/α,β-unsaturated/α-hetero) is 1. The van der Waals surface area contributed by atoms with Crippen molar-refractivity contribution in [3.63, 3.8) is 0 Å². The van der Waals surface area contributed by atoms with Gasteiger partial charge in [0.15, 0.2) is 11.4 Å². The van der Waals surface area contributed by atoms with Gasteiger partial charge in [-0.05, 0) is 43.5 Å². The fraction of sp³-hybridized carbons (Fsp3) is 0.308. The van der Waals surface area contributed by atoms with Gasteiger partial charge in [0.1, 0.15) is 17.8 Å². The van der Waals surface area contributed by atoms with Gasteiger partial charge in [0.2, 0.25) is 0 Å². The molecule has 1 N–H and O–H groups in total. The van der Waals surface area contributed by atoms with E-state index in [0.717, 1.165) is 29.6 Å². The van der Waals surface area contributed by atoms with Gasteiger partial charge in [-0.15, -0.1) is 0 Å². The van der Waals surface area contributed by atoms with Crippen LogP contribution in [0.5, 0.6) is 0 Å². The number of nitrogens with zero attached hydrogens (tertiary/aromatic N) is 6. The third-order valence-corrected chi connectivity index (χ3v) is 7.18. The highest BCUT2D eigenvalue weighted by Crippen LogP contribution is 2.34. The second-order valence-corrected chi connectivity index (χ2v) is 9.29. The Morgan fingerprint density at radius 3 is 2.64 bits per heavy atom. The number of amides is 1. The Labute approximate surface area is 206 Å². The number of anilines is 2. The summed E-state index contributed by atoms with van der Waals surface area (Å²) in [6.45, 7) is 2.87. The molecule has 0 bridgehead atoms. The molecule has 36 heavy (non-hydrogen) atoms. The van der Waals surface area contributed by atoms with Crippen LogP contribution in [0.25, 0.3) is 11.2 Å². The van der Waals surface area contributed by atoms with Crippen molar-refractivity contribution >= 4 is 34.4 Å². The van der Waals surface area contributed by atoms with Crippen LogP contribution in [-0.2, 0) is 11.2 Å². The smallest absolute Gasteiger partial charge is 0.327 e. The lowest BCUT2D eigenvalue weighted by atomic mass is 10.0. The average molecular weight is 484 g/mol. The topological polar surface area (TPSA) is 117 Å². The summed E-state index contributed by atoms with van der Waals surface area (Å²) in [4.78, 5) is 57.9. The lowest BCUT2D eigenvalue weighted by molar-refractivity contribution is -0.118. The molecule has 182 valence electrons. The van der Waals surface area contributed by atoms with E-state index < -0.39 is 6.04 Å². The number of aromatic amines is 1. The monoisotopic (exact) mass is 483 g/mol. The van der Waals surface area contributed by atoms with Crippen molar-refractivity contribution in [3.8, 4) is 0 Å². The molecule has 1 unspecified atom stereocenters. The van der Waals surface area contributed by atoms with E-state index in [0.29, 0.717) is 31.0 Å². The first-order valence-electron chi connectivity index (χ1n) is 12.1. The summed E-state index contributed by atoms with van der Waals surface area (Å²) >= 11 is 0. The molecule has 1 atom stereocenters. The molecule has 6 rings (SSSR count). The maximum absolute atomic E-state index is 13.5. The van der Waals surface area contributed by atoms with E-state index in [1.165, 1.54) is 13.3 Å². The highest BCUT2D eigenvalue weighted by atomic mass is 16.2. The zero-order chi connectivity index (χ0) is 24.8. The Morgan fingerprint density at radius 1 is 1.03 bits per heavy atom. The molecule has 4 aromatic rings. The molecule has 1 aromatic carbocycles. The standard InChI is InChI=1S/C26H25N7O3/c1-16(34)22-13-17-5-2-3-6-20(17)33(22)25(35)19-14-23(29-15-28-19)31-11-8-18(9-12-31)32-21-7-4-10-27-24(21)30-26(32)36/h2-7,10,14-15,18,22H,8-9,11-13H2,1H3,(H,27,30,36). The molecule has 1 saturated heterocycles. The number of carbonyl (C=O) groups is 2. The Kier molecular flexibility index (Phi) is 5.36. The maximum atomic E-state index is 13.5. The Hall–Kier alpha value is -4.34. The largest absolute Gasteiger partial charge is 0.356 e. The zero-order valence-corrected chi connectivity index (χ0v) is 19.8. The van der Waals surface area contributed by atoms with Gasteiger partial charge >= 0.3 is 5.69 Å². The molecule has 3 aromatic heterocycles. The predicted octanol–water partition coefficient (Wildman–Crippen LogP) is 2.52. The molecule has 2 aliphatic heterocycles. The van der Waals surface area contributed by atoms with Crippen molar-refractivity contribution in [1.82, 2.24) is 24.5 Å². The summed E-state index contributed by atoms with van der Waals surface area (Å²) < 4.78 is 1.79. The molecule has 0 spiro atoms.